The molecule has 27 heteroatoms. The Kier molecular flexibility index (Phi) is 22.1. The van der Waals surface area contributed by atoms with E-state index in [2.05, 4.69) is 5.48 Å². The summed E-state index contributed by atoms with van der Waals surface area (Å²) in [4.78, 5) is 83.6. The van der Waals surface area contributed by atoms with Crippen molar-refractivity contribution in [2.75, 3.05) is 83.6 Å². The Morgan fingerprint density at radius 2 is 1.20 bits per heavy atom. The molecule has 1 amide bonds. The molecule has 2 radical (unpaired) electrons. The summed E-state index contributed by atoms with van der Waals surface area (Å²) < 4.78 is 81.6. The second-order valence-corrected chi connectivity index (χ2v) is 14.9. The normalized spacial score (nSPS) is 15.7. The minimum Gasteiger partial charge on any atom is -0.870 e. The molecule has 4 aliphatic rings. The number of carbonyl (C=O) groups excluding carboxylic acids is 2. The van der Waals surface area contributed by atoms with Crippen molar-refractivity contribution in [1.29, 1.82) is 0 Å². The summed E-state index contributed by atoms with van der Waals surface area (Å²) in [6.07, 6.45) is 1.18. The number of carboxylic acids is 2. The van der Waals surface area contributed by atoms with E-state index in [1.54, 1.807) is 18.9 Å². The van der Waals surface area contributed by atoms with Gasteiger partial charge in [0.25, 0.3) is 0 Å². The maximum absolute atomic E-state index is 15.4. The number of anilines is 2. The van der Waals surface area contributed by atoms with Crippen LogP contribution >= 0.6 is 0 Å². The first-order valence-corrected chi connectivity index (χ1v) is 19.9. The molecular weight excluding hydrogens is 957 g/mol. The fourth-order valence-electron chi connectivity index (χ4n) is 7.41. The number of amides is 1. The maximum Gasteiger partial charge on any atom is 1.00 e. The van der Waals surface area contributed by atoms with Gasteiger partial charge in [-0.25, -0.2) is 33.7 Å². The molecule has 2 aliphatic heterocycles. The molecule has 2 aromatic carbocycles. The molecule has 2 aromatic heterocycles. The fraction of sp³-hybridized carbons (Fsp3) is 0.476. The van der Waals surface area contributed by atoms with Crippen molar-refractivity contribution in [3.63, 3.8) is 0 Å². The minimum atomic E-state index is -5.08. The van der Waals surface area contributed by atoms with Crippen molar-refractivity contribution in [2.45, 2.75) is 58.8 Å². The van der Waals surface area contributed by atoms with E-state index < -0.39 is 52.4 Å². The van der Waals surface area contributed by atoms with Crippen molar-refractivity contribution in [2.24, 2.45) is 0 Å². The number of nitrogens with one attached hydrogen (secondary N) is 1. The van der Waals surface area contributed by atoms with Gasteiger partial charge in [-0.15, -0.1) is 0 Å². The Balaban J connectivity index is 0.000000398. The number of carbonyl (C=O) groups is 4. The third-order valence-corrected chi connectivity index (χ3v) is 10.7. The van der Waals surface area contributed by atoms with Crippen LogP contribution in [0.3, 0.4) is 0 Å². The van der Waals surface area contributed by atoms with Gasteiger partial charge in [0, 0.05) is 57.2 Å². The Morgan fingerprint density at radius 1 is 0.754 bits per heavy atom. The van der Waals surface area contributed by atoms with Crippen molar-refractivity contribution in [3.8, 4) is 11.5 Å². The Labute approximate surface area is 435 Å². The molecule has 69 heavy (non-hydrogen) atoms. The first-order chi connectivity index (χ1) is 30.8. The summed E-state index contributed by atoms with van der Waals surface area (Å²) in [5.74, 6) is -6.47. The van der Waals surface area contributed by atoms with Gasteiger partial charge in [-0.05, 0) is 37.8 Å². The number of rotatable bonds is 8. The molecule has 372 valence electrons. The Bertz CT molecular complexity index is 2640. The van der Waals surface area contributed by atoms with Gasteiger partial charge >= 0.3 is 75.5 Å². The number of carboxylic acid groups (broad SMARTS) is 2. The molecule has 2 saturated carbocycles. The largest absolute Gasteiger partial charge is 1.00 e. The van der Waals surface area contributed by atoms with Gasteiger partial charge in [-0.2, -0.15) is 13.2 Å². The Hall–Kier alpha value is -4.87. The molecule has 8 rings (SSSR count). The summed E-state index contributed by atoms with van der Waals surface area (Å²) in [6, 6.07) is 2.39. The third-order valence-electron chi connectivity index (χ3n) is 10.7. The second-order valence-electron chi connectivity index (χ2n) is 14.9. The van der Waals surface area contributed by atoms with Crippen LogP contribution < -0.4 is 87.0 Å². The zero-order chi connectivity index (χ0) is 47.5. The van der Waals surface area contributed by atoms with Gasteiger partial charge < -0.3 is 48.8 Å². The SMILES string of the molecule is C.C.COc1c(N2CCNOCC2)c(F)cc2c(=O)c(C(=O)O)cn(C3CC3)c12.O=C(O)C(F)(F)F.[B]C(=O)N1CCN(c2c(F)cc3c(=O)c(C(=O)OC)cn(C4CC4)c3c2OC)CCO1.[K+].[OH-]. The number of aromatic carboxylic acids is 1. The molecule has 4 heterocycles. The van der Waals surface area contributed by atoms with E-state index in [0.717, 1.165) is 42.9 Å². The van der Waals surface area contributed by atoms with Crippen LogP contribution in [-0.2, 0) is 19.2 Å². The van der Waals surface area contributed by atoms with Gasteiger partial charge in [0.2, 0.25) is 18.7 Å². The quantitative estimate of drug-likeness (QED) is 0.129. The molecule has 0 bridgehead atoms. The molecule has 4 aromatic rings. The van der Waals surface area contributed by atoms with Crippen LogP contribution in [0.4, 0.5) is 38.1 Å². The zero-order valence-corrected chi connectivity index (χ0v) is 39.6. The number of hydroxylamine groups is 3. The summed E-state index contributed by atoms with van der Waals surface area (Å²) >= 11 is 0. The molecule has 0 atom stereocenters. The number of esters is 1. The number of pyridine rings is 2. The number of aliphatic carboxylic acids is 1. The van der Waals surface area contributed by atoms with Crippen LogP contribution in [0, 0.1) is 11.6 Å². The predicted octanol–water partition coefficient (Wildman–Crippen LogP) is 1.87. The van der Waals surface area contributed by atoms with Crippen LogP contribution in [0.1, 0.15) is 73.3 Å². The number of alkyl halides is 3. The maximum atomic E-state index is 15.4. The van der Waals surface area contributed by atoms with Crippen LogP contribution in [0.5, 0.6) is 11.5 Å². The van der Waals surface area contributed by atoms with Gasteiger partial charge in [0.05, 0.1) is 62.9 Å². The van der Waals surface area contributed by atoms with E-state index in [9.17, 15) is 42.3 Å². The van der Waals surface area contributed by atoms with Crippen LogP contribution in [0.15, 0.2) is 34.1 Å². The van der Waals surface area contributed by atoms with Crippen LogP contribution in [0.25, 0.3) is 21.8 Å². The Morgan fingerprint density at radius 3 is 1.62 bits per heavy atom. The van der Waals surface area contributed by atoms with Gasteiger partial charge in [0.15, 0.2) is 28.9 Å². The number of nitrogens with zero attached hydrogens (tertiary/aromatic N) is 5. The summed E-state index contributed by atoms with van der Waals surface area (Å²) in [6.45, 7) is 2.59. The smallest absolute Gasteiger partial charge is 0.870 e. The number of aromatic nitrogens is 2. The van der Waals surface area contributed by atoms with Crippen LogP contribution in [-0.4, -0.2) is 141 Å². The topological polar surface area (TPSA) is 251 Å². The van der Waals surface area contributed by atoms with E-state index in [1.165, 1.54) is 33.7 Å². The molecule has 0 spiro atoms. The molecule has 2 saturated heterocycles. The number of hydrogen-bond donors (Lipinski definition) is 3. The summed E-state index contributed by atoms with van der Waals surface area (Å²) in [7, 11) is 9.29. The van der Waals surface area contributed by atoms with E-state index in [1.807, 2.05) is 0 Å². The predicted molar refractivity (Wildman–Crippen MR) is 236 cm³/mol. The number of fused-ring (bicyclic) bond motifs is 2. The van der Waals surface area contributed by atoms with Gasteiger partial charge in [-0.3, -0.25) is 24.1 Å². The monoisotopic (exact) mass is 1010 g/mol. The summed E-state index contributed by atoms with van der Waals surface area (Å²) in [5, 5.41) is 17.6. The van der Waals surface area contributed by atoms with Crippen LogP contribution in [0.2, 0.25) is 0 Å². The van der Waals surface area contributed by atoms with E-state index in [0.29, 0.717) is 37.3 Å². The molecule has 20 nitrogen and oxygen atoms in total. The molecule has 4 fully saturated rings. The zero-order valence-electron chi connectivity index (χ0n) is 36.5. The van der Waals surface area contributed by atoms with Crippen molar-refractivity contribution in [3.05, 3.63) is 67.7 Å². The number of methoxy groups -OCH3 is 3. The van der Waals surface area contributed by atoms with Gasteiger partial charge in [0.1, 0.15) is 22.5 Å². The minimum absolute atomic E-state index is 0. The molecule has 0 unspecified atom stereocenters. The van der Waals surface area contributed by atoms with Gasteiger partial charge in [-0.1, -0.05) is 14.9 Å². The van der Waals surface area contributed by atoms with Crippen molar-refractivity contribution >= 4 is 64.7 Å². The number of benzene rings is 2. The average molecular weight is 1010 g/mol. The molecule has 4 N–H and O–H groups in total. The van der Waals surface area contributed by atoms with Crippen molar-refractivity contribution in [1.82, 2.24) is 19.7 Å². The molecular formula is C42H51BF5KN6O14. The number of ether oxygens (including phenoxy) is 3. The average Bonchev–Trinajstić information content (AvgIpc) is 4.15. The fourth-order valence-corrected chi connectivity index (χ4v) is 7.41. The van der Waals surface area contributed by atoms with E-state index in [4.69, 9.17) is 41.6 Å². The first kappa shape index (κ1) is 60.3. The van der Waals surface area contributed by atoms with Crippen molar-refractivity contribution < 1.29 is 132 Å². The first-order valence-electron chi connectivity index (χ1n) is 19.9. The van der Waals surface area contributed by atoms with E-state index >= 15 is 8.78 Å². The second kappa shape index (κ2) is 25.3. The number of hydrogen-bond acceptors (Lipinski definition) is 15. The summed E-state index contributed by atoms with van der Waals surface area (Å²) in [5.41, 5.74) is 2.19. The molecule has 2 aliphatic carbocycles. The number of halogens is 5. The standard InChI is InChI=1S/C20H21BFN3O6.C18H20FN3O5.C2HF3O2.2CH4.K.H2O/c1-29-18-15-12(17(26)13(19(27)30-2)10-24(15)11-3-4-11)9-14(22)16(18)23-5-6-25(20(21)28)31-8-7-23;1-26-17-14-11(8-13(19)15(17)21-5-4-20-27-7-6-21)16(23)12(18(24)25)9-22(14)10-2-3-10;3-2(4,5)1(6)7;;;;/h9-11H,3-8H2,1-2H3;8-10,20H,2-7H2,1H3,(H,24,25);(H,6,7);2*1H4;;1H2/q;;;;;+1;/p-1. The third kappa shape index (κ3) is 13.3. The van der Waals surface area contributed by atoms with E-state index in [-0.39, 0.29) is 155 Å².